The number of allylic oxidation sites excluding steroid dienone is 2. The molecular weight excluding hydrogens is 372 g/mol. The molecule has 1 atom stereocenters. The van der Waals surface area contributed by atoms with Crippen LogP contribution in [0, 0.1) is 5.92 Å². The van der Waals surface area contributed by atoms with Gasteiger partial charge in [-0.05, 0) is 67.3 Å². The van der Waals surface area contributed by atoms with Crippen molar-refractivity contribution in [2.75, 3.05) is 11.9 Å². The zero-order chi connectivity index (χ0) is 20.6. The quantitative estimate of drug-likeness (QED) is 0.763. The van der Waals surface area contributed by atoms with E-state index in [1.165, 1.54) is 5.56 Å². The van der Waals surface area contributed by atoms with Gasteiger partial charge in [0, 0.05) is 24.7 Å². The van der Waals surface area contributed by atoms with Crippen molar-refractivity contribution in [3.63, 3.8) is 0 Å². The minimum absolute atomic E-state index is 0.0754. The average Bonchev–Trinajstić information content (AvgIpc) is 3.61. The molecule has 4 nitrogen and oxygen atoms in total. The first-order valence-corrected chi connectivity index (χ1v) is 11.1. The van der Waals surface area contributed by atoms with Crippen molar-refractivity contribution in [2.24, 2.45) is 5.92 Å². The minimum Gasteiger partial charge on any atom is -0.338 e. The largest absolute Gasteiger partial charge is 0.338 e. The van der Waals surface area contributed by atoms with E-state index in [0.29, 0.717) is 6.54 Å². The van der Waals surface area contributed by atoms with E-state index >= 15 is 0 Å². The number of benzene rings is 2. The van der Waals surface area contributed by atoms with Crippen LogP contribution >= 0.6 is 0 Å². The predicted molar refractivity (Wildman–Crippen MR) is 118 cm³/mol. The molecule has 1 saturated carbocycles. The van der Waals surface area contributed by atoms with Crippen molar-refractivity contribution in [3.05, 3.63) is 77.4 Å². The summed E-state index contributed by atoms with van der Waals surface area (Å²) in [5.41, 5.74) is 3.98. The Balaban J connectivity index is 1.29. The third-order valence-electron chi connectivity index (χ3n) is 6.92. The summed E-state index contributed by atoms with van der Waals surface area (Å²) in [5.74, 6) is 0.479. The van der Waals surface area contributed by atoms with Crippen molar-refractivity contribution >= 4 is 17.5 Å². The number of carbonyl (C=O) groups is 2. The maximum absolute atomic E-state index is 13.1. The zero-order valence-corrected chi connectivity index (χ0v) is 17.3. The molecule has 1 heterocycles. The highest BCUT2D eigenvalue weighted by Gasteiger charge is 2.51. The molecule has 1 fully saturated rings. The first-order valence-electron chi connectivity index (χ1n) is 11.1. The summed E-state index contributed by atoms with van der Waals surface area (Å²) >= 11 is 0. The van der Waals surface area contributed by atoms with Crippen molar-refractivity contribution in [2.45, 2.75) is 50.5 Å². The van der Waals surface area contributed by atoms with Crippen LogP contribution in [0.3, 0.4) is 0 Å². The summed E-state index contributed by atoms with van der Waals surface area (Å²) in [5, 5.41) is 3.15. The van der Waals surface area contributed by atoms with Gasteiger partial charge in [0.25, 0.3) is 0 Å². The standard InChI is InChI=1S/C26H28N2O2/c29-24(20-7-3-1-4-8-20)28-16-13-19-11-12-23(17-21(19)18-28)27-25(30)26(14-15-26)22-9-5-2-6-10-22/h1-3,5-6,9-12,17,20H,4,7-8,13-16,18H2,(H,27,30)/t20-/m1/s1. The number of nitrogens with zero attached hydrogens (tertiary/aromatic N) is 1. The van der Waals surface area contributed by atoms with Crippen LogP contribution in [0.1, 0.15) is 48.8 Å². The van der Waals surface area contributed by atoms with E-state index < -0.39 is 0 Å². The van der Waals surface area contributed by atoms with Crippen LogP contribution in [0.25, 0.3) is 0 Å². The number of amides is 2. The Hall–Kier alpha value is -2.88. The third-order valence-corrected chi connectivity index (χ3v) is 6.92. The molecule has 1 N–H and O–H groups in total. The maximum atomic E-state index is 13.1. The Labute approximate surface area is 178 Å². The van der Waals surface area contributed by atoms with E-state index in [4.69, 9.17) is 0 Å². The molecule has 0 bridgehead atoms. The molecular formula is C26H28N2O2. The normalized spacial score (nSPS) is 21.6. The Kier molecular flexibility index (Phi) is 4.93. The van der Waals surface area contributed by atoms with Gasteiger partial charge in [0.05, 0.1) is 5.41 Å². The molecule has 2 aromatic rings. The molecule has 4 heteroatoms. The summed E-state index contributed by atoms with van der Waals surface area (Å²) in [7, 11) is 0. The molecule has 2 amide bonds. The van der Waals surface area contributed by atoms with Gasteiger partial charge in [0.2, 0.25) is 11.8 Å². The lowest BCUT2D eigenvalue weighted by molar-refractivity contribution is -0.136. The summed E-state index contributed by atoms with van der Waals surface area (Å²) in [6.45, 7) is 1.43. The van der Waals surface area contributed by atoms with Gasteiger partial charge in [-0.1, -0.05) is 48.6 Å². The summed E-state index contributed by atoms with van der Waals surface area (Å²) in [6.07, 6.45) is 9.80. The van der Waals surface area contributed by atoms with Gasteiger partial charge in [-0.15, -0.1) is 0 Å². The Morgan fingerprint density at radius 1 is 1.00 bits per heavy atom. The highest BCUT2D eigenvalue weighted by atomic mass is 16.2. The maximum Gasteiger partial charge on any atom is 0.235 e. The van der Waals surface area contributed by atoms with Crippen molar-refractivity contribution in [3.8, 4) is 0 Å². The fourth-order valence-electron chi connectivity index (χ4n) is 4.88. The van der Waals surface area contributed by atoms with E-state index in [1.807, 2.05) is 41.3 Å². The number of hydrogen-bond acceptors (Lipinski definition) is 2. The molecule has 2 aromatic carbocycles. The van der Waals surface area contributed by atoms with E-state index in [9.17, 15) is 9.59 Å². The molecule has 0 unspecified atom stereocenters. The fourth-order valence-corrected chi connectivity index (χ4v) is 4.88. The molecule has 154 valence electrons. The summed E-state index contributed by atoms with van der Waals surface area (Å²) in [4.78, 5) is 28.0. The number of hydrogen-bond donors (Lipinski definition) is 1. The van der Waals surface area contributed by atoms with E-state index in [-0.39, 0.29) is 23.1 Å². The molecule has 30 heavy (non-hydrogen) atoms. The van der Waals surface area contributed by atoms with Crippen LogP contribution in [0.4, 0.5) is 5.69 Å². The van der Waals surface area contributed by atoms with Crippen LogP contribution in [-0.4, -0.2) is 23.3 Å². The van der Waals surface area contributed by atoms with Gasteiger partial charge in [-0.2, -0.15) is 0 Å². The Morgan fingerprint density at radius 2 is 1.83 bits per heavy atom. The summed E-state index contributed by atoms with van der Waals surface area (Å²) < 4.78 is 0. The smallest absolute Gasteiger partial charge is 0.235 e. The van der Waals surface area contributed by atoms with Gasteiger partial charge in [-0.3, -0.25) is 9.59 Å². The monoisotopic (exact) mass is 400 g/mol. The molecule has 3 aliphatic rings. The predicted octanol–water partition coefficient (Wildman–Crippen LogP) is 4.60. The van der Waals surface area contributed by atoms with E-state index in [0.717, 1.165) is 61.9 Å². The van der Waals surface area contributed by atoms with E-state index in [1.54, 1.807) is 0 Å². The minimum atomic E-state index is -0.381. The number of rotatable bonds is 4. The fraction of sp³-hybridized carbons (Fsp3) is 0.385. The zero-order valence-electron chi connectivity index (χ0n) is 17.3. The van der Waals surface area contributed by atoms with Crippen LogP contribution in [0.2, 0.25) is 0 Å². The second-order valence-electron chi connectivity index (χ2n) is 8.88. The van der Waals surface area contributed by atoms with Gasteiger partial charge >= 0.3 is 0 Å². The van der Waals surface area contributed by atoms with Crippen LogP contribution in [0.5, 0.6) is 0 Å². The average molecular weight is 401 g/mol. The van der Waals surface area contributed by atoms with E-state index in [2.05, 4.69) is 29.6 Å². The molecule has 1 aliphatic heterocycles. The molecule has 2 aliphatic carbocycles. The lowest BCUT2D eigenvalue weighted by atomic mass is 9.91. The highest BCUT2D eigenvalue weighted by Crippen LogP contribution is 2.49. The van der Waals surface area contributed by atoms with Gasteiger partial charge in [0.1, 0.15) is 0 Å². The number of anilines is 1. The topological polar surface area (TPSA) is 49.4 Å². The van der Waals surface area contributed by atoms with Crippen LogP contribution in [0.15, 0.2) is 60.7 Å². The first kappa shape index (κ1) is 19.1. The molecule has 5 rings (SSSR count). The van der Waals surface area contributed by atoms with Crippen molar-refractivity contribution in [1.29, 1.82) is 0 Å². The number of carbonyl (C=O) groups excluding carboxylic acids is 2. The molecule has 0 spiro atoms. The SMILES string of the molecule is O=C([C@@H]1CC=CCC1)N1CCc2ccc(NC(=O)C3(c4ccccc4)CC3)cc2C1. The highest BCUT2D eigenvalue weighted by molar-refractivity contribution is 6.01. The molecule has 0 radical (unpaired) electrons. The molecule has 0 saturated heterocycles. The second-order valence-corrected chi connectivity index (χ2v) is 8.88. The first-order chi connectivity index (χ1) is 14.7. The van der Waals surface area contributed by atoms with Gasteiger partial charge in [0.15, 0.2) is 0 Å². The third kappa shape index (κ3) is 3.55. The lowest BCUT2D eigenvalue weighted by Crippen LogP contribution is -2.40. The Bertz CT molecular complexity index is 991. The Morgan fingerprint density at radius 3 is 2.57 bits per heavy atom. The van der Waals surface area contributed by atoms with Crippen molar-refractivity contribution in [1.82, 2.24) is 4.90 Å². The van der Waals surface area contributed by atoms with Crippen molar-refractivity contribution < 1.29 is 9.59 Å². The second kappa shape index (κ2) is 7.75. The summed E-state index contributed by atoms with van der Waals surface area (Å²) in [6, 6.07) is 16.2. The number of nitrogens with one attached hydrogen (secondary N) is 1. The van der Waals surface area contributed by atoms with Crippen LogP contribution in [-0.2, 0) is 28.0 Å². The lowest BCUT2D eigenvalue weighted by Gasteiger charge is -2.32. The van der Waals surface area contributed by atoms with Gasteiger partial charge in [-0.25, -0.2) is 0 Å². The number of fused-ring (bicyclic) bond motifs is 1. The van der Waals surface area contributed by atoms with Crippen LogP contribution < -0.4 is 5.32 Å². The van der Waals surface area contributed by atoms with Gasteiger partial charge < -0.3 is 10.2 Å². The molecule has 0 aromatic heterocycles.